The van der Waals surface area contributed by atoms with Gasteiger partial charge in [-0.25, -0.2) is 4.98 Å². The van der Waals surface area contributed by atoms with Gasteiger partial charge in [-0.1, -0.05) is 0 Å². The predicted molar refractivity (Wildman–Crippen MR) is 74.6 cm³/mol. The number of fused-ring (bicyclic) bond motifs is 1. The standard InChI is InChI=1S/C13H14N6/c1-8(13-16-7-17-19-13)18-11-4-5-15-12-6-9(14)2-3-10(11)12/h2-8H,14H2,1H3,(H,15,18)(H,16,17,19). The molecule has 0 radical (unpaired) electrons. The fourth-order valence-electron chi connectivity index (χ4n) is 2.02. The molecule has 0 saturated heterocycles. The number of nitrogens with two attached hydrogens (primary N) is 1. The summed E-state index contributed by atoms with van der Waals surface area (Å²) in [7, 11) is 0. The van der Waals surface area contributed by atoms with E-state index in [4.69, 9.17) is 5.73 Å². The zero-order chi connectivity index (χ0) is 13.2. The van der Waals surface area contributed by atoms with E-state index >= 15 is 0 Å². The summed E-state index contributed by atoms with van der Waals surface area (Å²) in [6, 6.07) is 7.66. The van der Waals surface area contributed by atoms with Crippen LogP contribution in [0, 0.1) is 0 Å². The lowest BCUT2D eigenvalue weighted by atomic mass is 10.1. The van der Waals surface area contributed by atoms with Gasteiger partial charge in [-0.2, -0.15) is 5.10 Å². The average Bonchev–Trinajstić information content (AvgIpc) is 2.92. The molecule has 1 aromatic carbocycles. The zero-order valence-electron chi connectivity index (χ0n) is 10.5. The number of H-pyrrole nitrogens is 1. The highest BCUT2D eigenvalue weighted by molar-refractivity contribution is 5.92. The summed E-state index contributed by atoms with van der Waals surface area (Å²) in [5, 5.41) is 11.1. The Kier molecular flexibility index (Phi) is 2.75. The number of hydrogen-bond donors (Lipinski definition) is 3. The summed E-state index contributed by atoms with van der Waals surface area (Å²) >= 11 is 0. The number of aromatic nitrogens is 4. The first-order valence-electron chi connectivity index (χ1n) is 6.00. The van der Waals surface area contributed by atoms with Gasteiger partial charge in [0.25, 0.3) is 0 Å². The number of benzene rings is 1. The fraction of sp³-hybridized carbons (Fsp3) is 0.154. The van der Waals surface area contributed by atoms with Crippen molar-refractivity contribution < 1.29 is 0 Å². The van der Waals surface area contributed by atoms with Crippen molar-refractivity contribution in [2.45, 2.75) is 13.0 Å². The number of nitrogens with zero attached hydrogens (tertiary/aromatic N) is 3. The predicted octanol–water partition coefficient (Wildman–Crippen LogP) is 2.11. The monoisotopic (exact) mass is 254 g/mol. The van der Waals surface area contributed by atoms with Crippen molar-refractivity contribution in [3.8, 4) is 0 Å². The Labute approximate surface area is 110 Å². The summed E-state index contributed by atoms with van der Waals surface area (Å²) in [5.41, 5.74) is 8.34. The molecular formula is C13H14N6. The molecule has 1 atom stereocenters. The molecule has 3 aromatic rings. The lowest BCUT2D eigenvalue weighted by molar-refractivity contribution is 0.797. The van der Waals surface area contributed by atoms with Crippen molar-refractivity contribution in [2.75, 3.05) is 11.1 Å². The van der Waals surface area contributed by atoms with E-state index in [0.29, 0.717) is 5.69 Å². The van der Waals surface area contributed by atoms with Crippen molar-refractivity contribution in [2.24, 2.45) is 0 Å². The Morgan fingerprint density at radius 3 is 2.95 bits per heavy atom. The van der Waals surface area contributed by atoms with E-state index in [-0.39, 0.29) is 6.04 Å². The van der Waals surface area contributed by atoms with Crippen LogP contribution < -0.4 is 11.1 Å². The van der Waals surface area contributed by atoms with Crippen molar-refractivity contribution >= 4 is 22.3 Å². The highest BCUT2D eigenvalue weighted by atomic mass is 15.2. The Morgan fingerprint density at radius 2 is 2.16 bits per heavy atom. The first kappa shape index (κ1) is 11.5. The maximum atomic E-state index is 5.77. The van der Waals surface area contributed by atoms with Crippen LogP contribution in [0.1, 0.15) is 18.8 Å². The van der Waals surface area contributed by atoms with E-state index in [1.165, 1.54) is 6.33 Å². The highest BCUT2D eigenvalue weighted by Crippen LogP contribution is 2.26. The molecule has 0 fully saturated rings. The molecule has 0 spiro atoms. The Morgan fingerprint density at radius 1 is 1.26 bits per heavy atom. The molecule has 4 N–H and O–H groups in total. The number of pyridine rings is 1. The third kappa shape index (κ3) is 2.20. The zero-order valence-corrected chi connectivity index (χ0v) is 10.5. The number of hydrogen-bond acceptors (Lipinski definition) is 5. The first-order valence-corrected chi connectivity index (χ1v) is 6.00. The Hall–Kier alpha value is -2.63. The molecule has 3 rings (SSSR count). The van der Waals surface area contributed by atoms with E-state index in [0.717, 1.165) is 22.4 Å². The molecule has 0 aliphatic heterocycles. The van der Waals surface area contributed by atoms with Gasteiger partial charge in [0.05, 0.1) is 11.6 Å². The molecule has 1 unspecified atom stereocenters. The highest BCUT2D eigenvalue weighted by Gasteiger charge is 2.10. The minimum Gasteiger partial charge on any atom is -0.399 e. The number of rotatable bonds is 3. The van der Waals surface area contributed by atoms with Gasteiger partial charge in [0.1, 0.15) is 12.2 Å². The molecule has 0 amide bonds. The molecule has 6 nitrogen and oxygen atoms in total. The molecule has 0 aliphatic carbocycles. The van der Waals surface area contributed by atoms with Gasteiger partial charge in [-0.05, 0) is 31.2 Å². The molecule has 2 heterocycles. The largest absolute Gasteiger partial charge is 0.399 e. The van der Waals surface area contributed by atoms with Gasteiger partial charge in [-0.3, -0.25) is 10.1 Å². The molecule has 0 bridgehead atoms. The van der Waals surface area contributed by atoms with Crippen LogP contribution in [0.2, 0.25) is 0 Å². The molecule has 6 heteroatoms. The third-order valence-electron chi connectivity index (χ3n) is 2.98. The molecule has 19 heavy (non-hydrogen) atoms. The second kappa shape index (κ2) is 4.56. The van der Waals surface area contributed by atoms with E-state index < -0.39 is 0 Å². The molecule has 0 saturated carbocycles. The van der Waals surface area contributed by atoms with Crippen LogP contribution in [0.3, 0.4) is 0 Å². The van der Waals surface area contributed by atoms with E-state index in [9.17, 15) is 0 Å². The molecule has 0 aliphatic rings. The summed E-state index contributed by atoms with van der Waals surface area (Å²) in [6.45, 7) is 2.02. The molecule has 96 valence electrons. The van der Waals surface area contributed by atoms with Crippen molar-refractivity contribution in [1.82, 2.24) is 20.2 Å². The van der Waals surface area contributed by atoms with Crippen LogP contribution in [0.25, 0.3) is 10.9 Å². The third-order valence-corrected chi connectivity index (χ3v) is 2.98. The van der Waals surface area contributed by atoms with Crippen LogP contribution >= 0.6 is 0 Å². The number of aromatic amines is 1. The number of nitrogens with one attached hydrogen (secondary N) is 2. The van der Waals surface area contributed by atoms with Crippen LogP contribution in [0.15, 0.2) is 36.8 Å². The smallest absolute Gasteiger partial charge is 0.146 e. The van der Waals surface area contributed by atoms with Crippen LogP contribution in [-0.2, 0) is 0 Å². The fourth-order valence-corrected chi connectivity index (χ4v) is 2.02. The van der Waals surface area contributed by atoms with Crippen LogP contribution in [0.4, 0.5) is 11.4 Å². The summed E-state index contributed by atoms with van der Waals surface area (Å²) < 4.78 is 0. The van der Waals surface area contributed by atoms with Gasteiger partial charge < -0.3 is 11.1 Å². The van der Waals surface area contributed by atoms with Crippen LogP contribution in [-0.4, -0.2) is 20.2 Å². The summed E-state index contributed by atoms with van der Waals surface area (Å²) in [4.78, 5) is 8.46. The van der Waals surface area contributed by atoms with E-state index in [2.05, 4.69) is 25.5 Å². The minimum atomic E-state index is 0.0330. The van der Waals surface area contributed by atoms with Gasteiger partial charge in [-0.15, -0.1) is 0 Å². The first-order chi connectivity index (χ1) is 9.24. The van der Waals surface area contributed by atoms with Crippen molar-refractivity contribution in [1.29, 1.82) is 0 Å². The van der Waals surface area contributed by atoms with E-state index in [1.807, 2.05) is 31.2 Å². The number of anilines is 2. The minimum absolute atomic E-state index is 0.0330. The second-order valence-electron chi connectivity index (χ2n) is 4.37. The lowest BCUT2D eigenvalue weighted by Gasteiger charge is -2.14. The SMILES string of the molecule is CC(Nc1ccnc2cc(N)ccc12)c1ncn[nH]1. The topological polar surface area (TPSA) is 92.5 Å². The van der Waals surface area contributed by atoms with Gasteiger partial charge in [0.15, 0.2) is 0 Å². The summed E-state index contributed by atoms with van der Waals surface area (Å²) in [6.07, 6.45) is 3.26. The number of nitrogen functional groups attached to an aromatic ring is 1. The van der Waals surface area contributed by atoms with Crippen molar-refractivity contribution in [3.63, 3.8) is 0 Å². The average molecular weight is 254 g/mol. The normalized spacial score (nSPS) is 12.5. The van der Waals surface area contributed by atoms with Crippen LogP contribution in [0.5, 0.6) is 0 Å². The van der Waals surface area contributed by atoms with Gasteiger partial charge in [0, 0.05) is 23.0 Å². The van der Waals surface area contributed by atoms with Gasteiger partial charge in [0.2, 0.25) is 0 Å². The maximum absolute atomic E-state index is 5.77. The Bertz CT molecular complexity index is 691. The molecule has 2 aromatic heterocycles. The quantitative estimate of drug-likeness (QED) is 0.622. The maximum Gasteiger partial charge on any atom is 0.146 e. The van der Waals surface area contributed by atoms with E-state index in [1.54, 1.807) is 6.20 Å². The second-order valence-corrected chi connectivity index (χ2v) is 4.37. The summed E-state index contributed by atoms with van der Waals surface area (Å²) in [5.74, 6) is 0.792. The van der Waals surface area contributed by atoms with Gasteiger partial charge >= 0.3 is 0 Å². The molecular weight excluding hydrogens is 240 g/mol. The Balaban J connectivity index is 1.97. The van der Waals surface area contributed by atoms with Crippen molar-refractivity contribution in [3.05, 3.63) is 42.6 Å². The lowest BCUT2D eigenvalue weighted by Crippen LogP contribution is -2.09.